The minimum Gasteiger partial charge on any atom is -0.260 e. The zero-order valence-electron chi connectivity index (χ0n) is 10.0. The van der Waals surface area contributed by atoms with Crippen LogP contribution in [0.15, 0.2) is 48.7 Å². The molecule has 3 nitrogen and oxygen atoms in total. The van der Waals surface area contributed by atoms with Crippen molar-refractivity contribution < 1.29 is 4.39 Å². The number of nitriles is 1. The van der Waals surface area contributed by atoms with E-state index in [2.05, 4.69) is 5.10 Å². The Kier molecular flexibility index (Phi) is 2.73. The average Bonchev–Trinajstić information content (AvgIpc) is 2.82. The second-order valence-corrected chi connectivity index (χ2v) is 4.32. The van der Waals surface area contributed by atoms with Crippen LogP contribution in [-0.2, 0) is 6.54 Å². The number of benzene rings is 2. The van der Waals surface area contributed by atoms with Gasteiger partial charge in [-0.15, -0.1) is 0 Å². The van der Waals surface area contributed by atoms with Crippen LogP contribution in [0.4, 0.5) is 4.39 Å². The highest BCUT2D eigenvalue weighted by Gasteiger charge is 2.05. The Morgan fingerprint density at radius 2 is 2.05 bits per heavy atom. The molecule has 0 atom stereocenters. The first-order valence-corrected chi connectivity index (χ1v) is 5.86. The smallest absolute Gasteiger partial charge is 0.124 e. The maximum absolute atomic E-state index is 13.4. The highest BCUT2D eigenvalue weighted by molar-refractivity contribution is 5.78. The predicted molar refractivity (Wildman–Crippen MR) is 70.0 cm³/mol. The van der Waals surface area contributed by atoms with E-state index < -0.39 is 5.82 Å². The molecule has 19 heavy (non-hydrogen) atoms. The minimum atomic E-state index is -0.398. The first kappa shape index (κ1) is 11.4. The third-order valence-electron chi connectivity index (χ3n) is 2.97. The Hall–Kier alpha value is -2.67. The van der Waals surface area contributed by atoms with Gasteiger partial charge >= 0.3 is 0 Å². The summed E-state index contributed by atoms with van der Waals surface area (Å²) in [6.07, 6.45) is 1.78. The van der Waals surface area contributed by atoms with Crippen molar-refractivity contribution in [1.29, 1.82) is 5.26 Å². The maximum atomic E-state index is 13.4. The second-order valence-electron chi connectivity index (χ2n) is 4.32. The van der Waals surface area contributed by atoms with Gasteiger partial charge in [-0.25, -0.2) is 4.39 Å². The molecule has 0 radical (unpaired) electrons. The van der Waals surface area contributed by atoms with Crippen LogP contribution in [0, 0.1) is 17.1 Å². The Labute approximate surface area is 109 Å². The Morgan fingerprint density at radius 3 is 2.89 bits per heavy atom. The van der Waals surface area contributed by atoms with Crippen LogP contribution >= 0.6 is 0 Å². The molecule has 0 spiro atoms. The molecule has 0 aliphatic rings. The summed E-state index contributed by atoms with van der Waals surface area (Å²) in [6.45, 7) is 0.444. The van der Waals surface area contributed by atoms with E-state index in [1.807, 2.05) is 30.3 Å². The summed E-state index contributed by atoms with van der Waals surface area (Å²) >= 11 is 0. The van der Waals surface area contributed by atoms with Gasteiger partial charge in [0.1, 0.15) is 5.82 Å². The van der Waals surface area contributed by atoms with Gasteiger partial charge in [0.2, 0.25) is 0 Å². The number of halogens is 1. The summed E-state index contributed by atoms with van der Waals surface area (Å²) in [5.74, 6) is -0.398. The molecule has 92 valence electrons. The summed E-state index contributed by atoms with van der Waals surface area (Å²) < 4.78 is 15.2. The molecule has 3 aromatic rings. The minimum absolute atomic E-state index is 0.325. The number of nitrogens with zero attached hydrogens (tertiary/aromatic N) is 3. The van der Waals surface area contributed by atoms with Crippen molar-refractivity contribution in [2.24, 2.45) is 0 Å². The lowest BCUT2D eigenvalue weighted by Crippen LogP contribution is -2.02. The van der Waals surface area contributed by atoms with Crippen molar-refractivity contribution in [3.8, 4) is 6.07 Å². The number of hydrogen-bond donors (Lipinski definition) is 0. The fourth-order valence-corrected chi connectivity index (χ4v) is 2.13. The van der Waals surface area contributed by atoms with E-state index in [1.54, 1.807) is 16.9 Å². The molecule has 4 heteroatoms. The molecule has 0 unspecified atom stereocenters. The molecule has 0 amide bonds. The van der Waals surface area contributed by atoms with Gasteiger partial charge < -0.3 is 0 Å². The van der Waals surface area contributed by atoms with Crippen molar-refractivity contribution in [3.63, 3.8) is 0 Å². The van der Waals surface area contributed by atoms with E-state index >= 15 is 0 Å². The molecular formula is C15H10FN3. The summed E-state index contributed by atoms with van der Waals surface area (Å²) in [4.78, 5) is 0. The molecule has 0 aliphatic carbocycles. The highest BCUT2D eigenvalue weighted by atomic mass is 19.1. The topological polar surface area (TPSA) is 41.6 Å². The van der Waals surface area contributed by atoms with Gasteiger partial charge in [-0.05, 0) is 29.8 Å². The molecule has 0 aliphatic heterocycles. The Balaban J connectivity index is 2.02. The molecule has 0 bridgehead atoms. The maximum Gasteiger partial charge on any atom is 0.124 e. The number of para-hydroxylation sites is 1. The first-order valence-electron chi connectivity index (χ1n) is 5.86. The zero-order valence-corrected chi connectivity index (χ0v) is 10.0. The van der Waals surface area contributed by atoms with Crippen LogP contribution in [0.5, 0.6) is 0 Å². The predicted octanol–water partition coefficient (Wildman–Crippen LogP) is 3.10. The van der Waals surface area contributed by atoms with E-state index in [9.17, 15) is 4.39 Å². The molecule has 0 N–H and O–H groups in total. The van der Waals surface area contributed by atoms with Gasteiger partial charge in [0.15, 0.2) is 0 Å². The van der Waals surface area contributed by atoms with Crippen molar-refractivity contribution in [2.45, 2.75) is 6.54 Å². The summed E-state index contributed by atoms with van der Waals surface area (Å²) in [6, 6.07) is 14.1. The molecule has 2 aromatic carbocycles. The normalized spacial score (nSPS) is 10.5. The van der Waals surface area contributed by atoms with Crippen LogP contribution < -0.4 is 0 Å². The number of fused-ring (bicyclic) bond motifs is 1. The van der Waals surface area contributed by atoms with E-state index in [1.165, 1.54) is 12.1 Å². The summed E-state index contributed by atoms with van der Waals surface area (Å²) in [7, 11) is 0. The second kappa shape index (κ2) is 4.54. The molecule has 1 heterocycles. The van der Waals surface area contributed by atoms with Crippen molar-refractivity contribution in [1.82, 2.24) is 9.78 Å². The average molecular weight is 251 g/mol. The largest absolute Gasteiger partial charge is 0.260 e. The number of rotatable bonds is 2. The molecule has 1 aromatic heterocycles. The molecular weight excluding hydrogens is 241 g/mol. The Bertz CT molecular complexity index is 783. The van der Waals surface area contributed by atoms with Crippen LogP contribution in [-0.4, -0.2) is 9.78 Å². The first-order chi connectivity index (χ1) is 9.26. The molecule has 0 saturated carbocycles. The monoisotopic (exact) mass is 251 g/mol. The fraction of sp³-hybridized carbons (Fsp3) is 0.0667. The van der Waals surface area contributed by atoms with Crippen molar-refractivity contribution >= 4 is 10.9 Å². The SMILES string of the molecule is N#Cc1cc(F)cc(Cn2ncc3ccccc32)c1. The van der Waals surface area contributed by atoms with Gasteiger partial charge in [0.05, 0.1) is 29.9 Å². The number of aromatic nitrogens is 2. The van der Waals surface area contributed by atoms with Crippen LogP contribution in [0.2, 0.25) is 0 Å². The summed E-state index contributed by atoms with van der Waals surface area (Å²) in [5.41, 5.74) is 2.04. The van der Waals surface area contributed by atoms with Crippen LogP contribution in [0.3, 0.4) is 0 Å². The molecule has 0 saturated heterocycles. The number of hydrogen-bond acceptors (Lipinski definition) is 2. The lowest BCUT2D eigenvalue weighted by atomic mass is 10.1. The highest BCUT2D eigenvalue weighted by Crippen LogP contribution is 2.16. The third kappa shape index (κ3) is 2.18. The van der Waals surface area contributed by atoms with Crippen molar-refractivity contribution in [3.05, 3.63) is 65.6 Å². The van der Waals surface area contributed by atoms with Gasteiger partial charge in [-0.1, -0.05) is 18.2 Å². The van der Waals surface area contributed by atoms with Gasteiger partial charge in [0, 0.05) is 5.39 Å². The lowest BCUT2D eigenvalue weighted by Gasteiger charge is -2.05. The van der Waals surface area contributed by atoms with Gasteiger partial charge in [-0.3, -0.25) is 4.68 Å². The standard InChI is InChI=1S/C15H10FN3/c16-14-6-11(8-17)5-12(7-14)10-19-15-4-2-1-3-13(15)9-18-19/h1-7,9H,10H2. The van der Waals surface area contributed by atoms with E-state index in [0.717, 1.165) is 16.5 Å². The van der Waals surface area contributed by atoms with E-state index in [4.69, 9.17) is 5.26 Å². The zero-order chi connectivity index (χ0) is 13.2. The Morgan fingerprint density at radius 1 is 1.21 bits per heavy atom. The third-order valence-corrected chi connectivity index (χ3v) is 2.97. The van der Waals surface area contributed by atoms with Gasteiger partial charge in [0.25, 0.3) is 0 Å². The van der Waals surface area contributed by atoms with Crippen LogP contribution in [0.25, 0.3) is 10.9 Å². The lowest BCUT2D eigenvalue weighted by molar-refractivity contribution is 0.620. The fourth-order valence-electron chi connectivity index (χ4n) is 2.13. The summed E-state index contributed by atoms with van der Waals surface area (Å²) in [5, 5.41) is 14.2. The van der Waals surface area contributed by atoms with Crippen LogP contribution in [0.1, 0.15) is 11.1 Å². The molecule has 0 fully saturated rings. The molecule has 3 rings (SSSR count). The van der Waals surface area contributed by atoms with Gasteiger partial charge in [-0.2, -0.15) is 10.4 Å². The van der Waals surface area contributed by atoms with E-state index in [-0.39, 0.29) is 0 Å². The van der Waals surface area contributed by atoms with Crippen molar-refractivity contribution in [2.75, 3.05) is 0 Å². The van der Waals surface area contributed by atoms with E-state index in [0.29, 0.717) is 12.1 Å². The quantitative estimate of drug-likeness (QED) is 0.702.